The molecule has 3 aromatic carbocycles. The van der Waals surface area contributed by atoms with E-state index in [1.165, 1.54) is 4.90 Å². The van der Waals surface area contributed by atoms with Crippen LogP contribution in [0, 0.1) is 6.92 Å². The summed E-state index contributed by atoms with van der Waals surface area (Å²) in [7, 11) is 3.90. The molecule has 6 nitrogen and oxygen atoms in total. The van der Waals surface area contributed by atoms with Gasteiger partial charge < -0.3 is 14.7 Å². The lowest BCUT2D eigenvalue weighted by Gasteiger charge is -2.27. The van der Waals surface area contributed by atoms with Crippen LogP contribution in [0.2, 0.25) is 0 Å². The highest BCUT2D eigenvalue weighted by Crippen LogP contribution is 2.44. The van der Waals surface area contributed by atoms with Crippen LogP contribution in [0.5, 0.6) is 5.75 Å². The zero-order chi connectivity index (χ0) is 24.9. The van der Waals surface area contributed by atoms with E-state index in [2.05, 4.69) is 0 Å². The number of amides is 1. The van der Waals surface area contributed by atoms with Crippen molar-refractivity contribution in [3.8, 4) is 5.75 Å². The lowest BCUT2D eigenvalue weighted by Crippen LogP contribution is -2.30. The topological polar surface area (TPSA) is 70.1 Å². The first-order valence-electron chi connectivity index (χ1n) is 11.7. The number of benzene rings is 3. The number of aliphatic hydroxyl groups excluding tert-OH is 1. The number of ketones is 1. The number of para-hydroxylation sites is 1. The van der Waals surface area contributed by atoms with Gasteiger partial charge in [-0.3, -0.25) is 14.5 Å². The first-order valence-corrected chi connectivity index (χ1v) is 11.7. The summed E-state index contributed by atoms with van der Waals surface area (Å²) in [4.78, 5) is 30.3. The predicted octanol–water partition coefficient (Wildman–Crippen LogP) is 5.01. The maximum Gasteiger partial charge on any atom is 0.300 e. The number of nitrogens with zero attached hydrogens (tertiary/aromatic N) is 2. The Balaban J connectivity index is 1.69. The van der Waals surface area contributed by atoms with Crippen molar-refractivity contribution in [2.75, 3.05) is 23.9 Å². The minimum atomic E-state index is -0.754. The van der Waals surface area contributed by atoms with Crippen molar-refractivity contribution in [2.45, 2.75) is 32.4 Å². The van der Waals surface area contributed by atoms with Gasteiger partial charge in [-0.25, -0.2) is 0 Å². The average Bonchev–Trinajstić information content (AvgIpc) is 3.34. The molecule has 6 heteroatoms. The number of carbonyl (C=O) groups is 2. The van der Waals surface area contributed by atoms with Gasteiger partial charge in [-0.1, -0.05) is 30.3 Å². The molecule has 2 unspecified atom stereocenters. The van der Waals surface area contributed by atoms with E-state index in [1.807, 2.05) is 93.5 Å². The Bertz CT molecular complexity index is 1360. The summed E-state index contributed by atoms with van der Waals surface area (Å²) in [5.41, 5.74) is 4.81. The summed E-state index contributed by atoms with van der Waals surface area (Å²) in [5.74, 6) is -0.744. The molecule has 35 heavy (non-hydrogen) atoms. The Labute approximate surface area is 205 Å². The highest BCUT2D eigenvalue weighted by molar-refractivity contribution is 6.51. The van der Waals surface area contributed by atoms with E-state index in [-0.39, 0.29) is 17.4 Å². The molecule has 0 radical (unpaired) electrons. The smallest absolute Gasteiger partial charge is 0.300 e. The van der Waals surface area contributed by atoms with Crippen molar-refractivity contribution in [2.24, 2.45) is 0 Å². The normalized spacial score (nSPS) is 20.6. The Morgan fingerprint density at radius 1 is 1.03 bits per heavy atom. The maximum absolute atomic E-state index is 13.4. The van der Waals surface area contributed by atoms with Gasteiger partial charge in [0.1, 0.15) is 17.6 Å². The average molecular weight is 469 g/mol. The molecule has 1 amide bonds. The van der Waals surface area contributed by atoms with E-state index in [1.54, 1.807) is 6.07 Å². The Hall–Kier alpha value is -4.06. The third-order valence-corrected chi connectivity index (χ3v) is 6.71. The van der Waals surface area contributed by atoms with Gasteiger partial charge in [-0.05, 0) is 66.9 Å². The molecule has 5 rings (SSSR count). The second-order valence-corrected chi connectivity index (χ2v) is 9.40. The number of fused-ring (bicyclic) bond motifs is 1. The van der Waals surface area contributed by atoms with Gasteiger partial charge >= 0.3 is 0 Å². The van der Waals surface area contributed by atoms with Crippen LogP contribution in [0.15, 0.2) is 72.3 Å². The highest BCUT2D eigenvalue weighted by Gasteiger charge is 2.47. The lowest BCUT2D eigenvalue weighted by atomic mass is 9.94. The number of ether oxygens (including phenoxy) is 1. The molecule has 0 aliphatic carbocycles. The third kappa shape index (κ3) is 3.85. The van der Waals surface area contributed by atoms with Crippen molar-refractivity contribution in [1.29, 1.82) is 0 Å². The second kappa shape index (κ2) is 8.62. The van der Waals surface area contributed by atoms with Crippen LogP contribution < -0.4 is 14.5 Å². The zero-order valence-corrected chi connectivity index (χ0v) is 20.3. The van der Waals surface area contributed by atoms with Crippen LogP contribution in [-0.2, 0) is 16.0 Å². The van der Waals surface area contributed by atoms with E-state index in [0.717, 1.165) is 34.5 Å². The van der Waals surface area contributed by atoms with Crippen molar-refractivity contribution in [3.63, 3.8) is 0 Å². The number of anilines is 2. The fourth-order valence-corrected chi connectivity index (χ4v) is 4.91. The molecule has 3 aromatic rings. The molecule has 0 spiro atoms. The number of carbonyl (C=O) groups excluding carboxylic acids is 2. The van der Waals surface area contributed by atoms with E-state index >= 15 is 0 Å². The Morgan fingerprint density at radius 2 is 1.74 bits per heavy atom. The van der Waals surface area contributed by atoms with Crippen LogP contribution in [0.3, 0.4) is 0 Å². The first-order chi connectivity index (χ1) is 16.8. The minimum Gasteiger partial charge on any atom is -0.507 e. The molecule has 2 aliphatic heterocycles. The standard InChI is InChI=1S/C29H28N2O4/c1-17-7-5-6-8-23(17)31-26(19-9-12-22(13-10-19)30(3)4)25(28(33)29(31)34)27(32)20-11-14-24-21(16-20)15-18(2)35-24/h5-14,16,18,26,32H,15H2,1-4H3/b27-25-. The first kappa shape index (κ1) is 22.7. The van der Waals surface area contributed by atoms with Crippen molar-refractivity contribution >= 4 is 28.8 Å². The molecule has 2 heterocycles. The molecule has 2 aliphatic rings. The highest BCUT2D eigenvalue weighted by atomic mass is 16.5. The second-order valence-electron chi connectivity index (χ2n) is 9.40. The van der Waals surface area contributed by atoms with Gasteiger partial charge in [0.15, 0.2) is 0 Å². The number of Topliss-reactive ketones (excluding diaryl/α,β-unsaturated/α-hetero) is 1. The molecule has 0 aromatic heterocycles. The van der Waals surface area contributed by atoms with Gasteiger partial charge in [-0.15, -0.1) is 0 Å². The molecule has 2 atom stereocenters. The molecule has 1 saturated heterocycles. The van der Waals surface area contributed by atoms with Crippen molar-refractivity contribution in [1.82, 2.24) is 0 Å². The van der Waals surface area contributed by atoms with E-state index in [4.69, 9.17) is 4.74 Å². The summed E-state index contributed by atoms with van der Waals surface area (Å²) in [5, 5.41) is 11.4. The molecule has 178 valence electrons. The van der Waals surface area contributed by atoms with Gasteiger partial charge in [0.05, 0.1) is 11.6 Å². The molecule has 1 N–H and O–H groups in total. The SMILES string of the molecule is Cc1ccccc1N1C(=O)C(=O)/C(=C(\O)c2ccc3c(c2)CC(C)O3)C1c1ccc(N(C)C)cc1. The van der Waals surface area contributed by atoms with E-state index in [9.17, 15) is 14.7 Å². The number of hydrogen-bond donors (Lipinski definition) is 1. The fraction of sp³-hybridized carbons (Fsp3) is 0.241. The monoisotopic (exact) mass is 468 g/mol. The van der Waals surface area contributed by atoms with Gasteiger partial charge in [0, 0.05) is 37.5 Å². The molecular weight excluding hydrogens is 440 g/mol. The fourth-order valence-electron chi connectivity index (χ4n) is 4.91. The lowest BCUT2D eigenvalue weighted by molar-refractivity contribution is -0.132. The maximum atomic E-state index is 13.4. The molecular formula is C29H28N2O4. The van der Waals surface area contributed by atoms with Crippen molar-refractivity contribution in [3.05, 3.63) is 94.6 Å². The van der Waals surface area contributed by atoms with Crippen LogP contribution in [-0.4, -0.2) is 37.0 Å². The van der Waals surface area contributed by atoms with Crippen LogP contribution in [0.1, 0.15) is 35.2 Å². The number of aryl methyl sites for hydroxylation is 1. The van der Waals surface area contributed by atoms with Crippen LogP contribution >= 0.6 is 0 Å². The summed E-state index contributed by atoms with van der Waals surface area (Å²) >= 11 is 0. The largest absolute Gasteiger partial charge is 0.507 e. The van der Waals surface area contributed by atoms with E-state index < -0.39 is 17.7 Å². The van der Waals surface area contributed by atoms with Gasteiger partial charge in [-0.2, -0.15) is 0 Å². The molecule has 0 saturated carbocycles. The third-order valence-electron chi connectivity index (χ3n) is 6.71. The van der Waals surface area contributed by atoms with Crippen LogP contribution in [0.4, 0.5) is 11.4 Å². The summed E-state index contributed by atoms with van der Waals surface area (Å²) in [6.45, 7) is 3.90. The Kier molecular flexibility index (Phi) is 5.59. The Morgan fingerprint density at radius 3 is 2.43 bits per heavy atom. The summed E-state index contributed by atoms with van der Waals surface area (Å²) in [6, 6.07) is 19.8. The van der Waals surface area contributed by atoms with Crippen molar-refractivity contribution < 1.29 is 19.4 Å². The van der Waals surface area contributed by atoms with Crippen LogP contribution in [0.25, 0.3) is 5.76 Å². The predicted molar refractivity (Wildman–Crippen MR) is 137 cm³/mol. The van der Waals surface area contributed by atoms with Gasteiger partial charge in [0.25, 0.3) is 11.7 Å². The molecule has 1 fully saturated rings. The number of hydrogen-bond acceptors (Lipinski definition) is 5. The number of aliphatic hydroxyl groups is 1. The summed E-state index contributed by atoms with van der Waals surface area (Å²) < 4.78 is 5.78. The minimum absolute atomic E-state index is 0.0595. The summed E-state index contributed by atoms with van der Waals surface area (Å²) in [6.07, 6.45) is 0.785. The number of rotatable bonds is 4. The van der Waals surface area contributed by atoms with E-state index in [0.29, 0.717) is 11.3 Å². The zero-order valence-electron chi connectivity index (χ0n) is 20.3. The molecule has 0 bridgehead atoms. The van der Waals surface area contributed by atoms with Gasteiger partial charge in [0.2, 0.25) is 0 Å². The quantitative estimate of drug-likeness (QED) is 0.331.